The molecule has 0 saturated heterocycles. The van der Waals surface area contributed by atoms with E-state index < -0.39 is 10.9 Å². The van der Waals surface area contributed by atoms with Crippen molar-refractivity contribution in [2.24, 2.45) is 0 Å². The van der Waals surface area contributed by atoms with Gasteiger partial charge in [-0.2, -0.15) is 0 Å². The number of benzene rings is 1. The standard InChI is InChI=1S/C14H20N2O3S/c1-10-5-7-11(8-6-10)16-12(17)9-15-20-13(18)19-14(2,3)4/h5-8,15H,9H2,1-4H3,(H,16,17). The maximum absolute atomic E-state index is 11.6. The number of carbonyl (C=O) groups excluding carboxylic acids is 2. The fourth-order valence-electron chi connectivity index (χ4n) is 1.27. The summed E-state index contributed by atoms with van der Waals surface area (Å²) in [4.78, 5) is 23.0. The Morgan fingerprint density at radius 1 is 1.20 bits per heavy atom. The molecule has 2 N–H and O–H groups in total. The molecule has 0 radical (unpaired) electrons. The van der Waals surface area contributed by atoms with Gasteiger partial charge in [-0.25, -0.2) is 9.52 Å². The zero-order valence-electron chi connectivity index (χ0n) is 12.1. The van der Waals surface area contributed by atoms with E-state index in [1.165, 1.54) is 0 Å². The number of carbonyl (C=O) groups is 2. The monoisotopic (exact) mass is 296 g/mol. The van der Waals surface area contributed by atoms with E-state index in [-0.39, 0.29) is 12.5 Å². The average molecular weight is 296 g/mol. The lowest BCUT2D eigenvalue weighted by atomic mass is 10.2. The van der Waals surface area contributed by atoms with Crippen molar-refractivity contribution < 1.29 is 14.3 Å². The fraction of sp³-hybridized carbons (Fsp3) is 0.429. The smallest absolute Gasteiger partial charge is 0.383 e. The van der Waals surface area contributed by atoms with Crippen molar-refractivity contribution >= 4 is 28.8 Å². The Balaban J connectivity index is 2.27. The minimum Gasteiger partial charge on any atom is -0.451 e. The van der Waals surface area contributed by atoms with Gasteiger partial charge in [0.25, 0.3) is 0 Å². The number of rotatable bonds is 4. The van der Waals surface area contributed by atoms with Crippen LogP contribution >= 0.6 is 11.9 Å². The molecule has 0 aliphatic rings. The van der Waals surface area contributed by atoms with Gasteiger partial charge in [0, 0.05) is 17.6 Å². The zero-order valence-corrected chi connectivity index (χ0v) is 13.0. The average Bonchev–Trinajstić information content (AvgIpc) is 2.29. The summed E-state index contributed by atoms with van der Waals surface area (Å²) in [7, 11) is 0. The van der Waals surface area contributed by atoms with Gasteiger partial charge in [-0.05, 0) is 39.8 Å². The van der Waals surface area contributed by atoms with Crippen LogP contribution in [0, 0.1) is 6.92 Å². The summed E-state index contributed by atoms with van der Waals surface area (Å²) in [5.41, 5.74) is 1.32. The Morgan fingerprint density at radius 2 is 1.80 bits per heavy atom. The van der Waals surface area contributed by atoms with Gasteiger partial charge >= 0.3 is 5.30 Å². The van der Waals surface area contributed by atoms with Crippen LogP contribution in [0.3, 0.4) is 0 Å². The maximum atomic E-state index is 11.6. The molecule has 1 rings (SSSR count). The molecular weight excluding hydrogens is 276 g/mol. The molecule has 0 fully saturated rings. The molecule has 5 nitrogen and oxygen atoms in total. The first-order chi connectivity index (χ1) is 9.26. The topological polar surface area (TPSA) is 67.4 Å². The van der Waals surface area contributed by atoms with Crippen LogP contribution in [0.25, 0.3) is 0 Å². The van der Waals surface area contributed by atoms with E-state index in [1.54, 1.807) is 20.8 Å². The van der Waals surface area contributed by atoms with Crippen LogP contribution in [0.15, 0.2) is 24.3 Å². The van der Waals surface area contributed by atoms with Crippen LogP contribution in [0.2, 0.25) is 0 Å². The Labute approximate surface area is 123 Å². The number of nitrogens with one attached hydrogen (secondary N) is 2. The highest BCUT2D eigenvalue weighted by Crippen LogP contribution is 2.12. The summed E-state index contributed by atoms with van der Waals surface area (Å²) in [6, 6.07) is 7.49. The summed E-state index contributed by atoms with van der Waals surface area (Å²) >= 11 is 0.773. The van der Waals surface area contributed by atoms with Crippen LogP contribution in [-0.2, 0) is 9.53 Å². The first kappa shape index (κ1) is 16.5. The van der Waals surface area contributed by atoms with E-state index in [2.05, 4.69) is 10.0 Å². The molecule has 0 bridgehead atoms. The second-order valence-electron chi connectivity index (χ2n) is 5.30. The molecule has 0 aliphatic heterocycles. The van der Waals surface area contributed by atoms with Gasteiger partial charge in [-0.3, -0.25) is 4.79 Å². The lowest BCUT2D eigenvalue weighted by Gasteiger charge is -2.18. The normalized spacial score (nSPS) is 11.0. The first-order valence-electron chi connectivity index (χ1n) is 6.25. The van der Waals surface area contributed by atoms with Gasteiger partial charge in [-0.1, -0.05) is 17.7 Å². The molecule has 6 heteroatoms. The number of ether oxygens (including phenoxy) is 1. The van der Waals surface area contributed by atoms with Crippen LogP contribution in [0.4, 0.5) is 10.5 Å². The molecule has 1 aromatic rings. The number of hydrogen-bond donors (Lipinski definition) is 2. The van der Waals surface area contributed by atoms with Crippen molar-refractivity contribution in [2.45, 2.75) is 33.3 Å². The molecule has 0 spiro atoms. The summed E-state index contributed by atoms with van der Waals surface area (Å²) in [6.07, 6.45) is 0. The Bertz CT molecular complexity index is 466. The van der Waals surface area contributed by atoms with Gasteiger partial charge in [0.05, 0.1) is 6.54 Å². The van der Waals surface area contributed by atoms with Crippen molar-refractivity contribution in [3.8, 4) is 0 Å². The third-order valence-electron chi connectivity index (χ3n) is 2.11. The van der Waals surface area contributed by atoms with Gasteiger partial charge in [0.15, 0.2) is 0 Å². The van der Waals surface area contributed by atoms with Crippen molar-refractivity contribution in [3.05, 3.63) is 29.8 Å². The molecule has 0 aromatic heterocycles. The number of hydrogen-bond acceptors (Lipinski definition) is 5. The molecule has 20 heavy (non-hydrogen) atoms. The largest absolute Gasteiger partial charge is 0.451 e. The number of amides is 1. The summed E-state index contributed by atoms with van der Waals surface area (Å²) < 4.78 is 7.75. The maximum Gasteiger partial charge on any atom is 0.383 e. The predicted octanol–water partition coefficient (Wildman–Crippen LogP) is 3.11. The molecule has 0 heterocycles. The quantitative estimate of drug-likeness (QED) is 0.660. The van der Waals surface area contributed by atoms with E-state index >= 15 is 0 Å². The zero-order chi connectivity index (χ0) is 15.2. The molecule has 1 amide bonds. The molecule has 0 atom stereocenters. The molecule has 0 saturated carbocycles. The van der Waals surface area contributed by atoms with Crippen LogP contribution in [0.1, 0.15) is 26.3 Å². The summed E-state index contributed by atoms with van der Waals surface area (Å²) in [5.74, 6) is -0.218. The van der Waals surface area contributed by atoms with E-state index in [1.807, 2.05) is 31.2 Å². The minimum absolute atomic E-state index is 0.0256. The Morgan fingerprint density at radius 3 is 2.35 bits per heavy atom. The van der Waals surface area contributed by atoms with Crippen molar-refractivity contribution in [1.29, 1.82) is 0 Å². The first-order valence-corrected chi connectivity index (χ1v) is 7.07. The highest BCUT2D eigenvalue weighted by atomic mass is 32.2. The third kappa shape index (κ3) is 7.16. The second kappa shape index (κ2) is 7.31. The molecule has 0 unspecified atom stereocenters. The van der Waals surface area contributed by atoms with Gasteiger partial charge in [0.1, 0.15) is 5.60 Å². The lowest BCUT2D eigenvalue weighted by molar-refractivity contribution is -0.115. The SMILES string of the molecule is Cc1ccc(NC(=O)CNSC(=O)OC(C)(C)C)cc1. The lowest BCUT2D eigenvalue weighted by Crippen LogP contribution is -2.27. The highest BCUT2D eigenvalue weighted by molar-refractivity contribution is 8.11. The molecular formula is C14H20N2O3S. The summed E-state index contributed by atoms with van der Waals surface area (Å²) in [5, 5.41) is 2.27. The van der Waals surface area contributed by atoms with Crippen LogP contribution in [0.5, 0.6) is 0 Å². The van der Waals surface area contributed by atoms with Gasteiger partial charge < -0.3 is 10.1 Å². The van der Waals surface area contributed by atoms with Crippen LogP contribution in [-0.4, -0.2) is 23.4 Å². The predicted molar refractivity (Wildman–Crippen MR) is 81.6 cm³/mol. The third-order valence-corrected chi connectivity index (χ3v) is 2.65. The minimum atomic E-state index is -0.532. The molecule has 110 valence electrons. The van der Waals surface area contributed by atoms with E-state index in [4.69, 9.17) is 4.74 Å². The second-order valence-corrected chi connectivity index (χ2v) is 6.13. The van der Waals surface area contributed by atoms with E-state index in [0.29, 0.717) is 0 Å². The molecule has 1 aromatic carbocycles. The molecule has 0 aliphatic carbocycles. The highest BCUT2D eigenvalue weighted by Gasteiger charge is 2.16. The van der Waals surface area contributed by atoms with Gasteiger partial charge in [0.2, 0.25) is 5.91 Å². The van der Waals surface area contributed by atoms with E-state index in [0.717, 1.165) is 23.2 Å². The van der Waals surface area contributed by atoms with E-state index in [9.17, 15) is 9.59 Å². The van der Waals surface area contributed by atoms with Gasteiger partial charge in [-0.15, -0.1) is 0 Å². The van der Waals surface area contributed by atoms with Crippen LogP contribution < -0.4 is 10.0 Å². The van der Waals surface area contributed by atoms with Crippen molar-refractivity contribution in [2.75, 3.05) is 11.9 Å². The van der Waals surface area contributed by atoms with Crippen molar-refractivity contribution in [3.63, 3.8) is 0 Å². The fourth-order valence-corrected chi connectivity index (χ4v) is 1.89. The Hall–Kier alpha value is -1.53. The number of anilines is 1. The summed E-state index contributed by atoms with van der Waals surface area (Å²) in [6.45, 7) is 7.36. The Kier molecular flexibility index (Phi) is 6.04. The van der Waals surface area contributed by atoms with Crippen molar-refractivity contribution in [1.82, 2.24) is 4.72 Å². The number of aryl methyl sites for hydroxylation is 1.